The summed E-state index contributed by atoms with van der Waals surface area (Å²) in [6, 6.07) is 20.6. The molecule has 0 radical (unpaired) electrons. The van der Waals surface area contributed by atoms with Gasteiger partial charge in [-0.1, -0.05) is 36.4 Å². The molecule has 0 aliphatic carbocycles. The maximum atomic E-state index is 10.5. The SMILES string of the molecule is O[C@@H](C[NH2+]Cc1ccco1)Cn1c2ccccc2c2ccccc21. The van der Waals surface area contributed by atoms with Gasteiger partial charge in [0.25, 0.3) is 0 Å². The highest BCUT2D eigenvalue weighted by Crippen LogP contribution is 2.28. The minimum atomic E-state index is -0.417. The van der Waals surface area contributed by atoms with Crippen LogP contribution < -0.4 is 5.32 Å². The van der Waals surface area contributed by atoms with Crippen LogP contribution in [0.15, 0.2) is 71.3 Å². The number of aliphatic hydroxyl groups is 1. The van der Waals surface area contributed by atoms with Gasteiger partial charge in [0.1, 0.15) is 19.2 Å². The van der Waals surface area contributed by atoms with E-state index in [1.54, 1.807) is 6.26 Å². The molecule has 0 amide bonds. The maximum absolute atomic E-state index is 10.5. The number of furan rings is 1. The maximum Gasteiger partial charge on any atom is 0.157 e. The van der Waals surface area contributed by atoms with Crippen molar-refractivity contribution in [1.82, 2.24) is 4.57 Å². The van der Waals surface area contributed by atoms with Gasteiger partial charge in [-0.3, -0.25) is 0 Å². The molecular formula is C20H21N2O2+. The molecule has 4 heteroatoms. The molecule has 122 valence electrons. The number of benzene rings is 2. The quantitative estimate of drug-likeness (QED) is 0.573. The molecular weight excluding hydrogens is 300 g/mol. The van der Waals surface area contributed by atoms with Crippen molar-refractivity contribution in [3.8, 4) is 0 Å². The molecule has 24 heavy (non-hydrogen) atoms. The van der Waals surface area contributed by atoms with E-state index in [1.807, 2.05) is 24.3 Å². The van der Waals surface area contributed by atoms with Gasteiger partial charge in [-0.2, -0.15) is 0 Å². The number of aliphatic hydroxyl groups excluding tert-OH is 1. The topological polar surface area (TPSA) is 54.9 Å². The van der Waals surface area contributed by atoms with Crippen LogP contribution in [-0.4, -0.2) is 22.3 Å². The van der Waals surface area contributed by atoms with E-state index in [1.165, 1.54) is 21.8 Å². The molecule has 0 bridgehead atoms. The molecule has 0 fully saturated rings. The Morgan fingerprint density at radius 2 is 1.58 bits per heavy atom. The standard InChI is InChI=1S/C20H20N2O2/c23-15(12-21-13-16-6-5-11-24-16)14-22-19-9-3-1-7-17(19)18-8-2-4-10-20(18)22/h1-11,15,21,23H,12-14H2/p+1/t15-/m0/s1. The largest absolute Gasteiger partial charge is 0.463 e. The monoisotopic (exact) mass is 321 g/mol. The molecule has 4 aromatic rings. The fourth-order valence-electron chi connectivity index (χ4n) is 3.33. The Kier molecular flexibility index (Phi) is 4.07. The summed E-state index contributed by atoms with van der Waals surface area (Å²) in [5.74, 6) is 0.930. The zero-order chi connectivity index (χ0) is 16.4. The Morgan fingerprint density at radius 3 is 2.21 bits per heavy atom. The molecule has 0 saturated carbocycles. The van der Waals surface area contributed by atoms with E-state index in [0.29, 0.717) is 13.1 Å². The second kappa shape index (κ2) is 6.51. The van der Waals surface area contributed by atoms with Gasteiger partial charge in [-0.15, -0.1) is 0 Å². The number of fused-ring (bicyclic) bond motifs is 3. The third-order valence-corrected chi connectivity index (χ3v) is 4.44. The van der Waals surface area contributed by atoms with Crippen LogP contribution in [0.25, 0.3) is 21.8 Å². The number of para-hydroxylation sites is 2. The van der Waals surface area contributed by atoms with Gasteiger partial charge in [0.2, 0.25) is 0 Å². The van der Waals surface area contributed by atoms with Gasteiger partial charge in [0.05, 0.1) is 12.8 Å². The lowest BCUT2D eigenvalue weighted by molar-refractivity contribution is -0.678. The number of hydrogen-bond acceptors (Lipinski definition) is 2. The Morgan fingerprint density at radius 1 is 0.917 bits per heavy atom. The van der Waals surface area contributed by atoms with Crippen molar-refractivity contribution >= 4 is 21.8 Å². The first kappa shape index (κ1) is 15.0. The minimum absolute atomic E-state index is 0.417. The van der Waals surface area contributed by atoms with E-state index in [9.17, 15) is 5.11 Å². The van der Waals surface area contributed by atoms with E-state index in [2.05, 4.69) is 46.3 Å². The van der Waals surface area contributed by atoms with Crippen LogP contribution in [0, 0.1) is 0 Å². The Balaban J connectivity index is 1.54. The van der Waals surface area contributed by atoms with Gasteiger partial charge in [0.15, 0.2) is 5.76 Å². The molecule has 0 unspecified atom stereocenters. The average Bonchev–Trinajstić information content (AvgIpc) is 3.23. The van der Waals surface area contributed by atoms with Gasteiger partial charge in [-0.25, -0.2) is 0 Å². The predicted octanol–water partition coefficient (Wildman–Crippen LogP) is 2.51. The lowest BCUT2D eigenvalue weighted by Crippen LogP contribution is -2.85. The first-order chi connectivity index (χ1) is 11.8. The number of aromatic nitrogens is 1. The number of nitrogens with two attached hydrogens (primary N) is 1. The van der Waals surface area contributed by atoms with Crippen LogP contribution in [0.3, 0.4) is 0 Å². The highest BCUT2D eigenvalue weighted by molar-refractivity contribution is 6.07. The molecule has 0 aliphatic heterocycles. The normalized spacial score (nSPS) is 12.9. The molecule has 0 aliphatic rings. The first-order valence-electron chi connectivity index (χ1n) is 8.31. The van der Waals surface area contributed by atoms with Crippen molar-refractivity contribution in [2.75, 3.05) is 6.54 Å². The Bertz CT molecular complexity index is 888. The summed E-state index contributed by atoms with van der Waals surface area (Å²) in [5, 5.41) is 15.0. The van der Waals surface area contributed by atoms with Crippen molar-refractivity contribution in [3.05, 3.63) is 72.7 Å². The molecule has 2 heterocycles. The van der Waals surface area contributed by atoms with E-state index < -0.39 is 6.10 Å². The lowest BCUT2D eigenvalue weighted by Gasteiger charge is -2.12. The molecule has 4 nitrogen and oxygen atoms in total. The van der Waals surface area contributed by atoms with Crippen molar-refractivity contribution in [1.29, 1.82) is 0 Å². The molecule has 0 spiro atoms. The second-order valence-electron chi connectivity index (χ2n) is 6.11. The molecule has 1 atom stereocenters. The van der Waals surface area contributed by atoms with E-state index >= 15 is 0 Å². The van der Waals surface area contributed by atoms with E-state index in [-0.39, 0.29) is 0 Å². The van der Waals surface area contributed by atoms with Crippen molar-refractivity contribution < 1.29 is 14.8 Å². The third-order valence-electron chi connectivity index (χ3n) is 4.44. The summed E-state index contributed by atoms with van der Waals surface area (Å²) in [7, 11) is 0. The minimum Gasteiger partial charge on any atom is -0.463 e. The zero-order valence-electron chi connectivity index (χ0n) is 13.4. The van der Waals surface area contributed by atoms with Crippen LogP contribution in [-0.2, 0) is 13.1 Å². The molecule has 2 aromatic carbocycles. The van der Waals surface area contributed by atoms with Gasteiger partial charge >= 0.3 is 0 Å². The van der Waals surface area contributed by atoms with Crippen molar-refractivity contribution in [3.63, 3.8) is 0 Å². The summed E-state index contributed by atoms with van der Waals surface area (Å²) in [6.45, 7) is 1.97. The molecule has 0 saturated heterocycles. The number of quaternary nitrogens is 1. The van der Waals surface area contributed by atoms with Crippen molar-refractivity contribution in [2.45, 2.75) is 19.2 Å². The van der Waals surface area contributed by atoms with E-state index in [0.717, 1.165) is 12.3 Å². The summed E-state index contributed by atoms with van der Waals surface area (Å²) in [5.41, 5.74) is 2.34. The Hall–Kier alpha value is -2.56. The fourth-order valence-corrected chi connectivity index (χ4v) is 3.33. The molecule has 2 aromatic heterocycles. The molecule has 3 N–H and O–H groups in total. The van der Waals surface area contributed by atoms with Crippen LogP contribution in [0.4, 0.5) is 0 Å². The highest BCUT2D eigenvalue weighted by atomic mass is 16.3. The predicted molar refractivity (Wildman–Crippen MR) is 94.7 cm³/mol. The van der Waals surface area contributed by atoms with Crippen LogP contribution in [0.1, 0.15) is 5.76 Å². The summed E-state index contributed by atoms with van der Waals surface area (Å²) in [6.07, 6.45) is 1.26. The summed E-state index contributed by atoms with van der Waals surface area (Å²) >= 11 is 0. The van der Waals surface area contributed by atoms with E-state index in [4.69, 9.17) is 4.42 Å². The van der Waals surface area contributed by atoms with Crippen LogP contribution in [0.2, 0.25) is 0 Å². The number of hydrogen-bond donors (Lipinski definition) is 2. The average molecular weight is 321 g/mol. The van der Waals surface area contributed by atoms with Gasteiger partial charge in [-0.05, 0) is 24.3 Å². The highest BCUT2D eigenvalue weighted by Gasteiger charge is 2.14. The zero-order valence-corrected chi connectivity index (χ0v) is 13.4. The number of nitrogens with zero attached hydrogens (tertiary/aromatic N) is 1. The first-order valence-corrected chi connectivity index (χ1v) is 8.31. The van der Waals surface area contributed by atoms with Crippen molar-refractivity contribution in [2.24, 2.45) is 0 Å². The van der Waals surface area contributed by atoms with Gasteiger partial charge in [0, 0.05) is 21.8 Å². The van der Waals surface area contributed by atoms with Gasteiger partial charge < -0.3 is 19.4 Å². The fraction of sp³-hybridized carbons (Fsp3) is 0.200. The Labute approximate surface area is 140 Å². The van der Waals surface area contributed by atoms with Crippen LogP contribution in [0.5, 0.6) is 0 Å². The van der Waals surface area contributed by atoms with Crippen LogP contribution >= 0.6 is 0 Å². The summed E-state index contributed by atoms with van der Waals surface area (Å²) in [4.78, 5) is 0. The lowest BCUT2D eigenvalue weighted by atomic mass is 10.2. The molecule has 4 rings (SSSR count). The second-order valence-corrected chi connectivity index (χ2v) is 6.11. The smallest absolute Gasteiger partial charge is 0.157 e. The number of rotatable bonds is 6. The summed E-state index contributed by atoms with van der Waals surface area (Å²) < 4.78 is 7.54. The third kappa shape index (κ3) is 2.82.